The third-order valence-electron chi connectivity index (χ3n) is 2.09. The van der Waals surface area contributed by atoms with E-state index in [0.29, 0.717) is 0 Å². The zero-order valence-corrected chi connectivity index (χ0v) is 7.10. The van der Waals surface area contributed by atoms with Crippen molar-refractivity contribution in [3.05, 3.63) is 0 Å². The largest absolute Gasteiger partial charge is 0.453 e. The summed E-state index contributed by atoms with van der Waals surface area (Å²) < 4.78 is 60.5. The van der Waals surface area contributed by atoms with Crippen LogP contribution in [0.5, 0.6) is 0 Å². The van der Waals surface area contributed by atoms with E-state index in [1.54, 1.807) is 0 Å². The lowest BCUT2D eigenvalue weighted by Gasteiger charge is -2.34. The van der Waals surface area contributed by atoms with Gasteiger partial charge in [-0.2, -0.15) is 22.0 Å². The highest BCUT2D eigenvalue weighted by atomic mass is 19.4. The normalized spacial score (nSPS) is 15.0. The molecule has 0 N–H and O–H groups in total. The predicted molar refractivity (Wildman–Crippen MR) is 35.1 cm³/mol. The van der Waals surface area contributed by atoms with E-state index in [0.717, 1.165) is 13.8 Å². The highest BCUT2D eigenvalue weighted by molar-refractivity contribution is 4.90. The Labute approximate surface area is 67.8 Å². The SMILES string of the molecule is CCC(C)(C)C(F)(F)C(F)(F)F. The van der Waals surface area contributed by atoms with Gasteiger partial charge in [0.25, 0.3) is 0 Å². The van der Waals surface area contributed by atoms with E-state index in [9.17, 15) is 22.0 Å². The van der Waals surface area contributed by atoms with E-state index in [4.69, 9.17) is 0 Å². The van der Waals surface area contributed by atoms with Gasteiger partial charge in [-0.1, -0.05) is 20.8 Å². The first-order valence-electron chi connectivity index (χ1n) is 3.51. The van der Waals surface area contributed by atoms with Crippen LogP contribution in [0.4, 0.5) is 22.0 Å². The predicted octanol–water partition coefficient (Wildman–Crippen LogP) is 3.62. The van der Waals surface area contributed by atoms with Gasteiger partial charge in [-0.15, -0.1) is 0 Å². The van der Waals surface area contributed by atoms with E-state index >= 15 is 0 Å². The molecule has 0 fully saturated rings. The molecule has 0 spiro atoms. The van der Waals surface area contributed by atoms with Crippen LogP contribution in [0.3, 0.4) is 0 Å². The molecule has 0 unspecified atom stereocenters. The van der Waals surface area contributed by atoms with Crippen LogP contribution < -0.4 is 0 Å². The molecule has 12 heavy (non-hydrogen) atoms. The molecule has 0 aromatic rings. The second-order valence-corrected chi connectivity index (χ2v) is 3.31. The van der Waals surface area contributed by atoms with Crippen molar-refractivity contribution in [1.82, 2.24) is 0 Å². The average molecular weight is 190 g/mol. The standard InChI is InChI=1S/C7H11F5/c1-4-5(2,3)6(8,9)7(10,11)12/h4H2,1-3H3. The van der Waals surface area contributed by atoms with Crippen molar-refractivity contribution in [2.24, 2.45) is 5.41 Å². The fourth-order valence-electron chi connectivity index (χ4n) is 0.606. The number of hydrogen-bond acceptors (Lipinski definition) is 0. The lowest BCUT2D eigenvalue weighted by molar-refractivity contribution is -0.321. The maximum absolute atomic E-state index is 12.6. The van der Waals surface area contributed by atoms with Gasteiger partial charge in [0, 0.05) is 5.41 Å². The van der Waals surface area contributed by atoms with Crippen LogP contribution in [-0.4, -0.2) is 12.1 Å². The number of rotatable bonds is 2. The topological polar surface area (TPSA) is 0 Å². The summed E-state index contributed by atoms with van der Waals surface area (Å²) in [5.74, 6) is -4.62. The van der Waals surface area contributed by atoms with Gasteiger partial charge in [0.05, 0.1) is 0 Å². The smallest absolute Gasteiger partial charge is 0.196 e. The van der Waals surface area contributed by atoms with Gasteiger partial charge >= 0.3 is 12.1 Å². The molecule has 0 saturated heterocycles. The van der Waals surface area contributed by atoms with E-state index in [1.165, 1.54) is 6.92 Å². The second-order valence-electron chi connectivity index (χ2n) is 3.31. The van der Waals surface area contributed by atoms with Crippen LogP contribution in [0, 0.1) is 5.41 Å². The highest BCUT2D eigenvalue weighted by Gasteiger charge is 2.65. The summed E-state index contributed by atoms with van der Waals surface area (Å²) in [6, 6.07) is 0. The third-order valence-corrected chi connectivity index (χ3v) is 2.09. The molecular formula is C7H11F5. The highest BCUT2D eigenvalue weighted by Crippen LogP contribution is 2.49. The second kappa shape index (κ2) is 2.85. The van der Waals surface area contributed by atoms with Crippen molar-refractivity contribution in [2.45, 2.75) is 39.3 Å². The van der Waals surface area contributed by atoms with E-state index < -0.39 is 17.5 Å². The lowest BCUT2D eigenvalue weighted by Crippen LogP contribution is -2.48. The summed E-state index contributed by atoms with van der Waals surface area (Å²) in [6.45, 7) is 3.11. The van der Waals surface area contributed by atoms with Crippen LogP contribution in [0.15, 0.2) is 0 Å². The van der Waals surface area contributed by atoms with Gasteiger partial charge in [0.1, 0.15) is 0 Å². The molecule has 0 aliphatic carbocycles. The van der Waals surface area contributed by atoms with E-state index in [2.05, 4.69) is 0 Å². The van der Waals surface area contributed by atoms with Crippen LogP contribution in [0.25, 0.3) is 0 Å². The Bertz CT molecular complexity index is 156. The number of hydrogen-bond donors (Lipinski definition) is 0. The minimum Gasteiger partial charge on any atom is -0.196 e. The van der Waals surface area contributed by atoms with Gasteiger partial charge in [-0.25, -0.2) is 0 Å². The number of alkyl halides is 5. The van der Waals surface area contributed by atoms with Crippen molar-refractivity contribution >= 4 is 0 Å². The summed E-state index contributed by atoms with van der Waals surface area (Å²) >= 11 is 0. The van der Waals surface area contributed by atoms with Crippen LogP contribution in [0.2, 0.25) is 0 Å². The molecule has 0 rings (SSSR count). The average Bonchev–Trinajstić information content (AvgIpc) is 1.85. The summed E-state index contributed by atoms with van der Waals surface area (Å²) in [5, 5.41) is 0. The van der Waals surface area contributed by atoms with Crippen LogP contribution in [-0.2, 0) is 0 Å². The molecule has 0 bridgehead atoms. The van der Waals surface area contributed by atoms with Crippen LogP contribution >= 0.6 is 0 Å². The molecule has 0 atom stereocenters. The molecule has 0 aliphatic heterocycles. The molecule has 0 nitrogen and oxygen atoms in total. The Hall–Kier alpha value is -0.350. The zero-order chi connectivity index (χ0) is 10.2. The molecular weight excluding hydrogens is 179 g/mol. The quantitative estimate of drug-likeness (QED) is 0.583. The van der Waals surface area contributed by atoms with Crippen molar-refractivity contribution in [3.8, 4) is 0 Å². The van der Waals surface area contributed by atoms with Gasteiger partial charge in [0.15, 0.2) is 0 Å². The maximum atomic E-state index is 12.6. The van der Waals surface area contributed by atoms with Gasteiger partial charge in [-0.05, 0) is 6.42 Å². The fraction of sp³-hybridized carbons (Fsp3) is 1.00. The summed E-state index contributed by atoms with van der Waals surface area (Å²) in [7, 11) is 0. The minimum atomic E-state index is -5.45. The van der Waals surface area contributed by atoms with E-state index in [-0.39, 0.29) is 6.42 Å². The molecule has 0 saturated carbocycles. The van der Waals surface area contributed by atoms with Crippen molar-refractivity contribution < 1.29 is 22.0 Å². The number of halogens is 5. The Balaban J connectivity index is 4.85. The molecule has 74 valence electrons. The van der Waals surface area contributed by atoms with Crippen molar-refractivity contribution in [3.63, 3.8) is 0 Å². The molecule has 0 amide bonds. The lowest BCUT2D eigenvalue weighted by atomic mass is 9.82. The zero-order valence-electron chi connectivity index (χ0n) is 7.10. The first-order chi connectivity index (χ1) is 5.06. The molecule has 0 aliphatic rings. The van der Waals surface area contributed by atoms with Crippen molar-refractivity contribution in [2.75, 3.05) is 0 Å². The molecule has 5 heteroatoms. The third kappa shape index (κ3) is 1.69. The first kappa shape index (κ1) is 11.6. The molecule has 0 radical (unpaired) electrons. The summed E-state index contributed by atoms with van der Waals surface area (Å²) in [6.07, 6.45) is -5.67. The van der Waals surface area contributed by atoms with Gasteiger partial charge < -0.3 is 0 Å². The minimum absolute atomic E-state index is 0.223. The Morgan fingerprint density at radius 3 is 1.33 bits per heavy atom. The van der Waals surface area contributed by atoms with E-state index in [1.807, 2.05) is 0 Å². The molecule has 0 heterocycles. The van der Waals surface area contributed by atoms with Crippen LogP contribution in [0.1, 0.15) is 27.2 Å². The Morgan fingerprint density at radius 1 is 0.917 bits per heavy atom. The van der Waals surface area contributed by atoms with Gasteiger partial charge in [-0.3, -0.25) is 0 Å². The van der Waals surface area contributed by atoms with Gasteiger partial charge in [0.2, 0.25) is 0 Å². The Kier molecular flexibility index (Phi) is 2.77. The monoisotopic (exact) mass is 190 g/mol. The first-order valence-corrected chi connectivity index (χ1v) is 3.51. The summed E-state index contributed by atoms with van der Waals surface area (Å²) in [4.78, 5) is 0. The molecule has 0 aromatic heterocycles. The fourth-order valence-corrected chi connectivity index (χ4v) is 0.606. The Morgan fingerprint density at radius 2 is 1.25 bits per heavy atom. The molecule has 0 aromatic carbocycles. The maximum Gasteiger partial charge on any atom is 0.453 e. The van der Waals surface area contributed by atoms with Crippen molar-refractivity contribution in [1.29, 1.82) is 0 Å². The summed E-state index contributed by atoms with van der Waals surface area (Å²) in [5.41, 5.74) is -2.04.